The maximum atomic E-state index is 14.4. The van der Waals surface area contributed by atoms with Crippen LogP contribution in [0.1, 0.15) is 48.7 Å². The predicted molar refractivity (Wildman–Crippen MR) is 134 cm³/mol. The van der Waals surface area contributed by atoms with Crippen LogP contribution in [0.2, 0.25) is 0 Å². The first-order valence-electron chi connectivity index (χ1n) is 12.3. The molecule has 1 amide bonds. The van der Waals surface area contributed by atoms with Gasteiger partial charge in [0.15, 0.2) is 0 Å². The molecule has 0 aliphatic carbocycles. The van der Waals surface area contributed by atoms with E-state index in [2.05, 4.69) is 20.3 Å². The van der Waals surface area contributed by atoms with Gasteiger partial charge in [0.05, 0.1) is 24.9 Å². The minimum Gasteiger partial charge on any atom is -0.481 e. The number of nitrogens with one attached hydrogen (secondary N) is 1. The number of anilines is 1. The van der Waals surface area contributed by atoms with Crippen molar-refractivity contribution in [2.75, 3.05) is 25.5 Å². The highest BCUT2D eigenvalue weighted by Gasteiger charge is 2.33. The molecule has 38 heavy (non-hydrogen) atoms. The van der Waals surface area contributed by atoms with Crippen LogP contribution in [-0.4, -0.2) is 52.0 Å². The highest BCUT2D eigenvalue weighted by atomic mass is 19.4. The quantitative estimate of drug-likeness (QED) is 0.412. The number of amides is 1. The molecule has 0 saturated carbocycles. The number of hydrogen-bond donors (Lipinski definition) is 1. The number of rotatable bonds is 7. The Morgan fingerprint density at radius 3 is 2.71 bits per heavy atom. The third kappa shape index (κ3) is 5.71. The third-order valence-corrected chi connectivity index (χ3v) is 6.75. The molecule has 3 aromatic heterocycles. The summed E-state index contributed by atoms with van der Waals surface area (Å²) in [6.07, 6.45) is -2.17. The SMILES string of the molecule is CCN(C[C@H]1CCc2cc(-c3cccc(C(F)(F)F)n3)c(C)nc2N1)C(=O)[C@H](C)c1cc(OC)ncc1F. The van der Waals surface area contributed by atoms with E-state index in [0.29, 0.717) is 43.0 Å². The van der Waals surface area contributed by atoms with Gasteiger partial charge in [0.1, 0.15) is 17.3 Å². The fourth-order valence-corrected chi connectivity index (χ4v) is 4.62. The van der Waals surface area contributed by atoms with Gasteiger partial charge in [-0.15, -0.1) is 0 Å². The smallest absolute Gasteiger partial charge is 0.433 e. The van der Waals surface area contributed by atoms with Crippen LogP contribution in [0.15, 0.2) is 36.5 Å². The molecule has 0 spiro atoms. The van der Waals surface area contributed by atoms with E-state index in [1.807, 2.05) is 13.0 Å². The molecule has 4 heterocycles. The Morgan fingerprint density at radius 1 is 1.26 bits per heavy atom. The van der Waals surface area contributed by atoms with Crippen LogP contribution in [-0.2, 0) is 17.4 Å². The van der Waals surface area contributed by atoms with E-state index in [4.69, 9.17) is 4.74 Å². The van der Waals surface area contributed by atoms with Crippen molar-refractivity contribution in [1.29, 1.82) is 0 Å². The summed E-state index contributed by atoms with van der Waals surface area (Å²) in [7, 11) is 1.43. The molecule has 3 aromatic rings. The lowest BCUT2D eigenvalue weighted by molar-refractivity contribution is -0.141. The zero-order valence-electron chi connectivity index (χ0n) is 21.6. The Labute approximate surface area is 218 Å². The van der Waals surface area contributed by atoms with Crippen LogP contribution in [0.4, 0.5) is 23.4 Å². The number of nitrogens with zero attached hydrogens (tertiary/aromatic N) is 4. The molecule has 11 heteroatoms. The number of hydrogen-bond acceptors (Lipinski definition) is 6. The fourth-order valence-electron chi connectivity index (χ4n) is 4.62. The monoisotopic (exact) mass is 531 g/mol. The first kappa shape index (κ1) is 27.3. The second-order valence-corrected chi connectivity index (χ2v) is 9.26. The van der Waals surface area contributed by atoms with E-state index in [-0.39, 0.29) is 29.1 Å². The number of methoxy groups -OCH3 is 1. The minimum atomic E-state index is -4.53. The van der Waals surface area contributed by atoms with Crippen molar-refractivity contribution in [3.8, 4) is 17.1 Å². The topological polar surface area (TPSA) is 80.2 Å². The molecule has 0 radical (unpaired) electrons. The molecule has 1 aliphatic heterocycles. The molecule has 2 atom stereocenters. The lowest BCUT2D eigenvalue weighted by Crippen LogP contribution is -2.43. The standard InChI is InChI=1S/C27H29F4N5O2/c1-5-36(26(37)15(2)19-12-24(38-4)32-13-21(19)28)14-18-10-9-17-11-20(16(3)33-25(17)34-18)22-7-6-8-23(35-22)27(29,30)31/h6-8,11-13,15,18H,5,9-10,14H2,1-4H3,(H,33,34)/t15-,18-/m1/s1. The Bertz CT molecular complexity index is 1330. The summed E-state index contributed by atoms with van der Waals surface area (Å²) in [5.74, 6) is -0.655. The van der Waals surface area contributed by atoms with Crippen molar-refractivity contribution < 1.29 is 27.1 Å². The van der Waals surface area contributed by atoms with Gasteiger partial charge in [0.25, 0.3) is 0 Å². The number of aryl methyl sites for hydroxylation is 2. The van der Waals surface area contributed by atoms with Crippen LogP contribution in [0.3, 0.4) is 0 Å². The number of likely N-dealkylation sites (N-methyl/N-ethyl adjacent to an activating group) is 1. The molecule has 1 N–H and O–H groups in total. The molecule has 0 fully saturated rings. The fraction of sp³-hybridized carbons (Fsp3) is 0.407. The first-order chi connectivity index (χ1) is 18.0. The molecule has 7 nitrogen and oxygen atoms in total. The number of halogens is 4. The minimum absolute atomic E-state index is 0.0974. The largest absolute Gasteiger partial charge is 0.481 e. The van der Waals surface area contributed by atoms with E-state index in [1.165, 1.54) is 25.3 Å². The summed E-state index contributed by atoms with van der Waals surface area (Å²) < 4.78 is 58.9. The van der Waals surface area contributed by atoms with Crippen LogP contribution in [0, 0.1) is 12.7 Å². The third-order valence-electron chi connectivity index (χ3n) is 6.75. The highest BCUT2D eigenvalue weighted by molar-refractivity contribution is 5.83. The normalized spacial score (nSPS) is 15.8. The van der Waals surface area contributed by atoms with Crippen molar-refractivity contribution in [2.45, 2.75) is 51.7 Å². The number of aromatic nitrogens is 3. The Morgan fingerprint density at radius 2 is 2.03 bits per heavy atom. The van der Waals surface area contributed by atoms with Gasteiger partial charge in [-0.05, 0) is 57.4 Å². The van der Waals surface area contributed by atoms with Gasteiger partial charge in [0.2, 0.25) is 11.8 Å². The van der Waals surface area contributed by atoms with Gasteiger partial charge in [-0.3, -0.25) is 4.79 Å². The van der Waals surface area contributed by atoms with Crippen molar-refractivity contribution >= 4 is 11.7 Å². The van der Waals surface area contributed by atoms with Gasteiger partial charge in [-0.2, -0.15) is 13.2 Å². The van der Waals surface area contributed by atoms with Crippen molar-refractivity contribution in [1.82, 2.24) is 19.9 Å². The number of carbonyl (C=O) groups excluding carboxylic acids is 1. The maximum absolute atomic E-state index is 14.4. The second kappa shape index (κ2) is 10.9. The summed E-state index contributed by atoms with van der Waals surface area (Å²) in [6.45, 7) is 6.07. The van der Waals surface area contributed by atoms with Gasteiger partial charge < -0.3 is 15.0 Å². The molecular formula is C27H29F4N5O2. The van der Waals surface area contributed by atoms with Crippen LogP contribution in [0.5, 0.6) is 5.88 Å². The summed E-state index contributed by atoms with van der Waals surface area (Å²) >= 11 is 0. The Kier molecular flexibility index (Phi) is 7.84. The molecule has 0 saturated heterocycles. The van der Waals surface area contributed by atoms with Crippen molar-refractivity contribution in [3.63, 3.8) is 0 Å². The molecule has 0 bridgehead atoms. The van der Waals surface area contributed by atoms with Crippen molar-refractivity contribution in [3.05, 3.63) is 64.9 Å². The van der Waals surface area contributed by atoms with Crippen LogP contribution in [0.25, 0.3) is 11.3 Å². The Balaban J connectivity index is 1.50. The number of fused-ring (bicyclic) bond motifs is 1. The average molecular weight is 532 g/mol. The van der Waals surface area contributed by atoms with Crippen LogP contribution >= 0.6 is 0 Å². The zero-order chi connectivity index (χ0) is 27.6. The Hall–Kier alpha value is -3.76. The predicted octanol–water partition coefficient (Wildman–Crippen LogP) is 5.39. The van der Waals surface area contributed by atoms with E-state index in [1.54, 1.807) is 18.7 Å². The second-order valence-electron chi connectivity index (χ2n) is 9.26. The summed E-state index contributed by atoms with van der Waals surface area (Å²) in [5, 5.41) is 3.37. The molecule has 4 rings (SSSR count). The molecule has 1 aliphatic rings. The molecule has 0 unspecified atom stereocenters. The van der Waals surface area contributed by atoms with Gasteiger partial charge in [-0.1, -0.05) is 6.07 Å². The van der Waals surface area contributed by atoms with Gasteiger partial charge >= 0.3 is 6.18 Å². The van der Waals surface area contributed by atoms with Crippen LogP contribution < -0.4 is 10.1 Å². The average Bonchev–Trinajstić information content (AvgIpc) is 2.90. The van der Waals surface area contributed by atoms with Gasteiger partial charge in [0, 0.05) is 42.0 Å². The molecular weight excluding hydrogens is 502 g/mol. The highest BCUT2D eigenvalue weighted by Crippen LogP contribution is 2.33. The van der Waals surface area contributed by atoms with Gasteiger partial charge in [-0.25, -0.2) is 19.3 Å². The lowest BCUT2D eigenvalue weighted by Gasteiger charge is -2.33. The number of ether oxygens (including phenoxy) is 1. The number of pyridine rings is 3. The molecule has 202 valence electrons. The zero-order valence-corrected chi connectivity index (χ0v) is 21.6. The summed E-state index contributed by atoms with van der Waals surface area (Å²) in [6, 6.07) is 6.98. The first-order valence-corrected chi connectivity index (χ1v) is 12.3. The maximum Gasteiger partial charge on any atom is 0.433 e. The van der Waals surface area contributed by atoms with Crippen molar-refractivity contribution in [2.24, 2.45) is 0 Å². The lowest BCUT2D eigenvalue weighted by atomic mass is 9.96. The molecule has 0 aromatic carbocycles. The summed E-state index contributed by atoms with van der Waals surface area (Å²) in [5.41, 5.74) is 1.44. The van der Waals surface area contributed by atoms with E-state index in [0.717, 1.165) is 17.8 Å². The van der Waals surface area contributed by atoms with E-state index >= 15 is 0 Å². The van der Waals surface area contributed by atoms with E-state index < -0.39 is 23.6 Å². The number of carbonyl (C=O) groups is 1. The number of alkyl halides is 3. The summed E-state index contributed by atoms with van der Waals surface area (Å²) in [4.78, 5) is 27.2. The van der Waals surface area contributed by atoms with E-state index in [9.17, 15) is 22.4 Å².